The molecule has 0 heterocycles. The second kappa shape index (κ2) is 5.09. The average Bonchev–Trinajstić information content (AvgIpc) is 2.15. The van der Waals surface area contributed by atoms with Gasteiger partial charge < -0.3 is 0 Å². The van der Waals surface area contributed by atoms with Gasteiger partial charge in [-0.3, -0.25) is 0 Å². The average molecular weight is 325 g/mol. The van der Waals surface area contributed by atoms with Crippen molar-refractivity contribution in [3.63, 3.8) is 0 Å². The van der Waals surface area contributed by atoms with Crippen molar-refractivity contribution in [1.29, 1.82) is 0 Å². The van der Waals surface area contributed by atoms with Gasteiger partial charge in [0.1, 0.15) is 0 Å². The molecule has 5 heteroatoms. The molecule has 0 unspecified atom stereocenters. The fourth-order valence-corrected chi connectivity index (χ4v) is 2.89. The molecule has 0 aliphatic carbocycles. The highest BCUT2D eigenvalue weighted by Gasteiger charge is 2.12. The van der Waals surface area contributed by atoms with E-state index in [1.807, 2.05) is 13.0 Å². The van der Waals surface area contributed by atoms with Crippen LogP contribution in [0.3, 0.4) is 0 Å². The van der Waals surface area contributed by atoms with Gasteiger partial charge in [-0.15, -0.1) is 0 Å². The summed E-state index contributed by atoms with van der Waals surface area (Å²) in [6, 6.07) is 6.85. The summed E-state index contributed by atoms with van der Waals surface area (Å²) in [6.45, 7) is 2.41. The number of benzene rings is 1. The minimum Gasteiger partial charge on any atom is -0.211 e. The summed E-state index contributed by atoms with van der Waals surface area (Å²) in [5, 5.41) is 0. The highest BCUT2D eigenvalue weighted by molar-refractivity contribution is 14.1. The molecular formula is C9H12INO2S. The first-order valence-electron chi connectivity index (χ1n) is 4.31. The third-order valence-electron chi connectivity index (χ3n) is 1.65. The Hall–Kier alpha value is -0.140. The topological polar surface area (TPSA) is 46.2 Å². The fourth-order valence-electron chi connectivity index (χ4n) is 0.954. The Morgan fingerprint density at radius 3 is 2.71 bits per heavy atom. The monoisotopic (exact) mass is 325 g/mol. The molecular weight excluding hydrogens is 313 g/mol. The lowest BCUT2D eigenvalue weighted by molar-refractivity contribution is 0.581. The molecule has 0 bridgehead atoms. The number of hydrogen-bond donors (Lipinski definition) is 1. The summed E-state index contributed by atoms with van der Waals surface area (Å²) in [5.41, 5.74) is 0. The molecule has 78 valence electrons. The van der Waals surface area contributed by atoms with Crippen LogP contribution in [0.2, 0.25) is 0 Å². The van der Waals surface area contributed by atoms with Gasteiger partial charge in [0, 0.05) is 10.1 Å². The largest absolute Gasteiger partial charge is 0.240 e. The van der Waals surface area contributed by atoms with Crippen molar-refractivity contribution in [3.05, 3.63) is 27.8 Å². The second-order valence-corrected chi connectivity index (χ2v) is 5.87. The quantitative estimate of drug-likeness (QED) is 0.861. The first-order valence-corrected chi connectivity index (χ1v) is 6.87. The second-order valence-electron chi connectivity index (χ2n) is 2.86. The van der Waals surface area contributed by atoms with Crippen LogP contribution in [0.15, 0.2) is 29.2 Å². The van der Waals surface area contributed by atoms with Crippen LogP contribution in [0.5, 0.6) is 0 Å². The number of sulfonamides is 1. The molecule has 0 saturated carbocycles. The van der Waals surface area contributed by atoms with Gasteiger partial charge in [0.05, 0.1) is 4.90 Å². The van der Waals surface area contributed by atoms with Crippen LogP contribution in [-0.2, 0) is 10.0 Å². The minimum atomic E-state index is -3.30. The first kappa shape index (κ1) is 11.9. The van der Waals surface area contributed by atoms with Gasteiger partial charge in [-0.2, -0.15) is 0 Å². The molecule has 0 aromatic heterocycles. The number of nitrogens with one attached hydrogen (secondary N) is 1. The Balaban J connectivity index is 2.93. The molecule has 0 saturated heterocycles. The van der Waals surface area contributed by atoms with Gasteiger partial charge in [0.25, 0.3) is 0 Å². The Kier molecular flexibility index (Phi) is 4.33. The van der Waals surface area contributed by atoms with Crippen LogP contribution in [0.4, 0.5) is 0 Å². The van der Waals surface area contributed by atoms with Crippen LogP contribution in [-0.4, -0.2) is 15.0 Å². The third kappa shape index (κ3) is 3.21. The van der Waals surface area contributed by atoms with Crippen LogP contribution >= 0.6 is 22.6 Å². The Labute approximate surface area is 98.1 Å². The smallest absolute Gasteiger partial charge is 0.211 e. The molecule has 1 aromatic rings. The molecule has 1 N–H and O–H groups in total. The van der Waals surface area contributed by atoms with Gasteiger partial charge >= 0.3 is 0 Å². The summed E-state index contributed by atoms with van der Waals surface area (Å²) >= 11 is 2.09. The summed E-state index contributed by atoms with van der Waals surface area (Å²) < 4.78 is 26.7. The summed E-state index contributed by atoms with van der Waals surface area (Å²) in [7, 11) is -3.30. The molecule has 1 aromatic carbocycles. The van der Waals surface area contributed by atoms with Crippen molar-refractivity contribution in [1.82, 2.24) is 4.72 Å². The maximum atomic E-state index is 11.6. The minimum absolute atomic E-state index is 0.331. The first-order chi connectivity index (χ1) is 6.56. The molecule has 0 radical (unpaired) electrons. The fraction of sp³-hybridized carbons (Fsp3) is 0.333. The van der Waals surface area contributed by atoms with Crippen LogP contribution in [0.1, 0.15) is 13.3 Å². The molecule has 14 heavy (non-hydrogen) atoms. The lowest BCUT2D eigenvalue weighted by Crippen LogP contribution is -2.24. The predicted octanol–water partition coefficient (Wildman–Crippen LogP) is 1.98. The molecule has 0 atom stereocenters. The van der Waals surface area contributed by atoms with Crippen LogP contribution in [0.25, 0.3) is 0 Å². The molecule has 0 fully saturated rings. The van der Waals surface area contributed by atoms with E-state index in [0.29, 0.717) is 11.4 Å². The van der Waals surface area contributed by atoms with Crippen molar-refractivity contribution >= 4 is 32.6 Å². The van der Waals surface area contributed by atoms with Crippen molar-refractivity contribution in [3.8, 4) is 0 Å². The van der Waals surface area contributed by atoms with Gasteiger partial charge in [-0.1, -0.05) is 13.0 Å². The van der Waals surface area contributed by atoms with E-state index in [1.165, 1.54) is 0 Å². The van der Waals surface area contributed by atoms with Gasteiger partial charge in [0.2, 0.25) is 10.0 Å². The lowest BCUT2D eigenvalue weighted by atomic mass is 10.4. The van der Waals surface area contributed by atoms with E-state index in [-0.39, 0.29) is 0 Å². The van der Waals surface area contributed by atoms with Gasteiger partial charge in [-0.05, 0) is 47.2 Å². The highest BCUT2D eigenvalue weighted by atomic mass is 127. The molecule has 1 rings (SSSR count). The van der Waals surface area contributed by atoms with E-state index < -0.39 is 10.0 Å². The molecule has 3 nitrogen and oxygen atoms in total. The highest BCUT2D eigenvalue weighted by Crippen LogP contribution is 2.12. The van der Waals surface area contributed by atoms with Gasteiger partial charge in [-0.25, -0.2) is 13.1 Å². The van der Waals surface area contributed by atoms with E-state index in [1.54, 1.807) is 18.2 Å². The predicted molar refractivity (Wildman–Crippen MR) is 64.6 cm³/mol. The van der Waals surface area contributed by atoms with Gasteiger partial charge in [0.15, 0.2) is 0 Å². The zero-order valence-corrected chi connectivity index (χ0v) is 10.8. The number of rotatable bonds is 4. The standard InChI is InChI=1S/C9H12INO2S/c1-2-6-11-14(12,13)9-5-3-4-8(10)7-9/h3-5,7,11H,2,6H2,1H3. The summed E-state index contributed by atoms with van der Waals surface area (Å²) in [4.78, 5) is 0.331. The van der Waals surface area contributed by atoms with E-state index in [2.05, 4.69) is 27.3 Å². The van der Waals surface area contributed by atoms with Crippen molar-refractivity contribution in [2.75, 3.05) is 6.54 Å². The van der Waals surface area contributed by atoms with Crippen molar-refractivity contribution in [2.24, 2.45) is 0 Å². The zero-order chi connectivity index (χ0) is 10.6. The molecule has 0 amide bonds. The Morgan fingerprint density at radius 2 is 2.14 bits per heavy atom. The van der Waals surface area contributed by atoms with Crippen molar-refractivity contribution in [2.45, 2.75) is 18.2 Å². The SMILES string of the molecule is CCCNS(=O)(=O)c1cccc(I)c1. The number of hydrogen-bond acceptors (Lipinski definition) is 2. The Morgan fingerprint density at radius 1 is 1.43 bits per heavy atom. The van der Waals surface area contributed by atoms with E-state index in [9.17, 15) is 8.42 Å². The lowest BCUT2D eigenvalue weighted by Gasteiger charge is -2.05. The molecule has 0 aliphatic heterocycles. The summed E-state index contributed by atoms with van der Waals surface area (Å²) in [5.74, 6) is 0. The third-order valence-corrected chi connectivity index (χ3v) is 3.78. The maximum absolute atomic E-state index is 11.6. The van der Waals surface area contributed by atoms with Crippen molar-refractivity contribution < 1.29 is 8.42 Å². The van der Waals surface area contributed by atoms with E-state index in [0.717, 1.165) is 9.99 Å². The molecule has 0 aliphatic rings. The van der Waals surface area contributed by atoms with E-state index in [4.69, 9.17) is 0 Å². The normalized spacial score (nSPS) is 11.6. The van der Waals surface area contributed by atoms with Crippen LogP contribution < -0.4 is 4.72 Å². The molecule has 0 spiro atoms. The van der Waals surface area contributed by atoms with E-state index >= 15 is 0 Å². The summed E-state index contributed by atoms with van der Waals surface area (Å²) in [6.07, 6.45) is 0.795. The van der Waals surface area contributed by atoms with Crippen LogP contribution in [0, 0.1) is 3.57 Å². The zero-order valence-electron chi connectivity index (χ0n) is 7.83. The maximum Gasteiger partial charge on any atom is 0.240 e. The number of halogens is 1. The Bertz CT molecular complexity index is 403.